The van der Waals surface area contributed by atoms with Crippen molar-refractivity contribution >= 4 is 17.0 Å². The molecule has 0 bridgehead atoms. The Morgan fingerprint density at radius 1 is 0.971 bits per heavy atom. The number of carboxylic acid groups (broad SMARTS) is 1. The minimum Gasteiger partial charge on any atom is -0.486 e. The lowest BCUT2D eigenvalue weighted by Gasteiger charge is -2.07. The number of aryl methyl sites for hydroxylation is 1. The van der Waals surface area contributed by atoms with Crippen molar-refractivity contribution in [1.82, 2.24) is 14.5 Å². The molecule has 1 unspecified atom stereocenters. The molecule has 1 atom stereocenters. The molecule has 0 fully saturated rings. The van der Waals surface area contributed by atoms with Crippen molar-refractivity contribution in [3.05, 3.63) is 90.6 Å². The van der Waals surface area contributed by atoms with Crippen molar-refractivity contribution in [2.45, 2.75) is 19.4 Å². The van der Waals surface area contributed by atoms with Gasteiger partial charge in [-0.3, -0.25) is 4.79 Å². The summed E-state index contributed by atoms with van der Waals surface area (Å²) in [7, 11) is 1.97. The molecule has 3 aromatic carbocycles. The highest BCUT2D eigenvalue weighted by molar-refractivity contribution is 5.79. The maximum Gasteiger partial charge on any atom is 0.315 e. The Balaban J connectivity index is 1.41. The van der Waals surface area contributed by atoms with Gasteiger partial charge in [0, 0.05) is 18.2 Å². The summed E-state index contributed by atoms with van der Waals surface area (Å²) in [6.45, 7) is 1.90. The number of para-hydroxylation sites is 2. The number of aliphatic carboxylic acids is 1. The maximum atomic E-state index is 11.5. The van der Waals surface area contributed by atoms with Gasteiger partial charge in [0.25, 0.3) is 0 Å². The van der Waals surface area contributed by atoms with E-state index in [2.05, 4.69) is 9.97 Å². The van der Waals surface area contributed by atoms with Crippen molar-refractivity contribution in [1.29, 1.82) is 0 Å². The van der Waals surface area contributed by atoms with E-state index >= 15 is 0 Å². The summed E-state index contributed by atoms with van der Waals surface area (Å²) in [6.07, 6.45) is 0. The molecule has 7 nitrogen and oxygen atoms in total. The Labute approximate surface area is 196 Å². The second-order valence-electron chi connectivity index (χ2n) is 8.04. The molecule has 170 valence electrons. The average Bonchev–Trinajstić information content (AvgIpc) is 3.45. The van der Waals surface area contributed by atoms with E-state index in [0.717, 1.165) is 28.0 Å². The number of oxazole rings is 1. The SMILES string of the molecule is CC(C(=O)O)c1nc(-c2ccc(OCc3nc4ccccc4n3C)cc2)c(-c2ccccc2)o1. The van der Waals surface area contributed by atoms with E-state index < -0.39 is 11.9 Å². The first-order valence-corrected chi connectivity index (χ1v) is 10.9. The monoisotopic (exact) mass is 453 g/mol. The zero-order chi connectivity index (χ0) is 23.7. The highest BCUT2D eigenvalue weighted by atomic mass is 16.5. The van der Waals surface area contributed by atoms with E-state index in [0.29, 0.717) is 23.8 Å². The van der Waals surface area contributed by atoms with E-state index in [1.165, 1.54) is 0 Å². The number of hydrogen-bond donors (Lipinski definition) is 1. The summed E-state index contributed by atoms with van der Waals surface area (Å²) in [5.74, 6) is 0.394. The van der Waals surface area contributed by atoms with Crippen molar-refractivity contribution < 1.29 is 19.1 Å². The molecule has 0 aliphatic rings. The molecular weight excluding hydrogens is 430 g/mol. The molecule has 0 amide bonds. The van der Waals surface area contributed by atoms with Gasteiger partial charge in [-0.1, -0.05) is 42.5 Å². The van der Waals surface area contributed by atoms with Crippen LogP contribution in [0.4, 0.5) is 0 Å². The first-order chi connectivity index (χ1) is 16.5. The van der Waals surface area contributed by atoms with Crippen LogP contribution in [0.5, 0.6) is 5.75 Å². The van der Waals surface area contributed by atoms with E-state index in [-0.39, 0.29) is 5.89 Å². The van der Waals surface area contributed by atoms with Crippen LogP contribution in [0.3, 0.4) is 0 Å². The van der Waals surface area contributed by atoms with Crippen LogP contribution >= 0.6 is 0 Å². The Hall–Kier alpha value is -4.39. The second-order valence-corrected chi connectivity index (χ2v) is 8.04. The molecule has 0 aliphatic heterocycles. The third-order valence-electron chi connectivity index (χ3n) is 5.80. The summed E-state index contributed by atoms with van der Waals surface area (Å²) in [5, 5.41) is 9.41. The summed E-state index contributed by atoms with van der Waals surface area (Å²) >= 11 is 0. The molecule has 1 N–H and O–H groups in total. The smallest absolute Gasteiger partial charge is 0.315 e. The minimum atomic E-state index is -0.988. The lowest BCUT2D eigenvalue weighted by Crippen LogP contribution is -2.07. The molecule has 0 radical (unpaired) electrons. The molecule has 0 spiro atoms. The molecule has 0 saturated carbocycles. The number of hydrogen-bond acceptors (Lipinski definition) is 5. The standard InChI is InChI=1S/C27H23N3O4/c1-17(27(31)32)26-29-24(25(34-26)19-8-4-3-5-9-19)18-12-14-20(15-13-18)33-16-23-28-21-10-6-7-11-22(21)30(23)2/h3-15,17H,16H2,1-2H3,(H,31,32). The normalized spacial score (nSPS) is 12.1. The first-order valence-electron chi connectivity index (χ1n) is 10.9. The van der Waals surface area contributed by atoms with Crippen LogP contribution in [0.2, 0.25) is 0 Å². The van der Waals surface area contributed by atoms with Gasteiger partial charge in [-0.15, -0.1) is 0 Å². The van der Waals surface area contributed by atoms with Crippen molar-refractivity contribution in [2.75, 3.05) is 0 Å². The predicted octanol–water partition coefficient (Wildman–Crippen LogP) is 5.66. The highest BCUT2D eigenvalue weighted by Crippen LogP contribution is 2.35. The number of nitrogens with zero attached hydrogens (tertiary/aromatic N) is 3. The molecule has 0 saturated heterocycles. The number of carboxylic acids is 1. The molecule has 34 heavy (non-hydrogen) atoms. The van der Waals surface area contributed by atoms with Gasteiger partial charge in [0.05, 0.1) is 11.0 Å². The number of aromatic nitrogens is 3. The topological polar surface area (TPSA) is 90.4 Å². The molecule has 2 heterocycles. The fourth-order valence-electron chi connectivity index (χ4n) is 3.79. The van der Waals surface area contributed by atoms with Gasteiger partial charge in [-0.05, 0) is 43.3 Å². The van der Waals surface area contributed by atoms with Gasteiger partial charge in [0.1, 0.15) is 29.8 Å². The number of ether oxygens (including phenoxy) is 1. The first kappa shape index (κ1) is 21.5. The number of fused-ring (bicyclic) bond motifs is 1. The van der Waals surface area contributed by atoms with Crippen molar-refractivity contribution in [2.24, 2.45) is 7.05 Å². The Morgan fingerprint density at radius 2 is 1.68 bits per heavy atom. The average molecular weight is 453 g/mol. The second kappa shape index (κ2) is 8.86. The summed E-state index contributed by atoms with van der Waals surface area (Å²) < 4.78 is 13.9. The van der Waals surface area contributed by atoms with Crippen molar-refractivity contribution in [3.8, 4) is 28.3 Å². The van der Waals surface area contributed by atoms with E-state index in [1.807, 2.05) is 90.5 Å². The van der Waals surface area contributed by atoms with Gasteiger partial charge in [0.2, 0.25) is 5.89 Å². The van der Waals surface area contributed by atoms with Crippen LogP contribution in [-0.4, -0.2) is 25.6 Å². The minimum absolute atomic E-state index is 0.170. The van der Waals surface area contributed by atoms with Gasteiger partial charge < -0.3 is 18.8 Å². The van der Waals surface area contributed by atoms with Crippen LogP contribution < -0.4 is 4.74 Å². The lowest BCUT2D eigenvalue weighted by molar-refractivity contribution is -0.138. The van der Waals surface area contributed by atoms with Crippen LogP contribution in [0.25, 0.3) is 33.6 Å². The van der Waals surface area contributed by atoms with Crippen LogP contribution in [0, 0.1) is 0 Å². The van der Waals surface area contributed by atoms with Gasteiger partial charge in [-0.2, -0.15) is 0 Å². The number of rotatable bonds is 7. The lowest BCUT2D eigenvalue weighted by atomic mass is 10.1. The zero-order valence-electron chi connectivity index (χ0n) is 18.8. The van der Waals surface area contributed by atoms with Crippen LogP contribution in [0.1, 0.15) is 24.6 Å². The largest absolute Gasteiger partial charge is 0.486 e. The van der Waals surface area contributed by atoms with E-state index in [9.17, 15) is 9.90 Å². The van der Waals surface area contributed by atoms with E-state index in [4.69, 9.17) is 9.15 Å². The predicted molar refractivity (Wildman–Crippen MR) is 128 cm³/mol. The molecular formula is C27H23N3O4. The summed E-state index contributed by atoms with van der Waals surface area (Å²) in [6, 6.07) is 25.0. The summed E-state index contributed by atoms with van der Waals surface area (Å²) in [4.78, 5) is 20.7. The van der Waals surface area contributed by atoms with E-state index in [1.54, 1.807) is 6.92 Å². The van der Waals surface area contributed by atoms with Gasteiger partial charge >= 0.3 is 5.97 Å². The molecule has 2 aromatic heterocycles. The molecule has 5 rings (SSSR count). The maximum absolute atomic E-state index is 11.5. The highest BCUT2D eigenvalue weighted by Gasteiger charge is 2.24. The van der Waals surface area contributed by atoms with Crippen LogP contribution in [-0.2, 0) is 18.4 Å². The number of imidazole rings is 1. The third kappa shape index (κ3) is 4.03. The quantitative estimate of drug-likeness (QED) is 0.342. The Morgan fingerprint density at radius 3 is 2.38 bits per heavy atom. The van der Waals surface area contributed by atoms with Gasteiger partial charge in [-0.25, -0.2) is 9.97 Å². The molecule has 7 heteroatoms. The van der Waals surface area contributed by atoms with Crippen LogP contribution in [0.15, 0.2) is 83.3 Å². The Kier molecular flexibility index (Phi) is 5.59. The summed E-state index contributed by atoms with van der Waals surface area (Å²) in [5.41, 5.74) is 4.22. The fourth-order valence-corrected chi connectivity index (χ4v) is 3.79. The third-order valence-corrected chi connectivity index (χ3v) is 5.80. The number of carbonyl (C=O) groups is 1. The Bertz CT molecular complexity index is 1450. The zero-order valence-corrected chi connectivity index (χ0v) is 18.8. The molecule has 0 aliphatic carbocycles. The fraction of sp³-hybridized carbons (Fsp3) is 0.148. The van der Waals surface area contributed by atoms with Gasteiger partial charge in [0.15, 0.2) is 5.76 Å². The molecule has 5 aromatic rings. The van der Waals surface area contributed by atoms with Crippen molar-refractivity contribution in [3.63, 3.8) is 0 Å². The number of benzene rings is 3.